The number of benzene rings is 1. The van der Waals surface area contributed by atoms with Crippen LogP contribution in [0.2, 0.25) is 0 Å². The van der Waals surface area contributed by atoms with Gasteiger partial charge in [0.1, 0.15) is 16.3 Å². The van der Waals surface area contributed by atoms with Crippen molar-refractivity contribution in [1.82, 2.24) is 4.98 Å². The van der Waals surface area contributed by atoms with E-state index in [1.807, 2.05) is 12.1 Å². The molecule has 2 N–H and O–H groups in total. The number of hydrogen-bond acceptors (Lipinski definition) is 5. The summed E-state index contributed by atoms with van der Waals surface area (Å²) in [5.41, 5.74) is 3.82. The van der Waals surface area contributed by atoms with E-state index in [1.165, 1.54) is 5.69 Å². The highest BCUT2D eigenvalue weighted by molar-refractivity contribution is 7.71. The number of rotatable bonds is 4. The highest BCUT2D eigenvalue weighted by atomic mass is 32.1. The Morgan fingerprint density at radius 3 is 2.76 bits per heavy atom. The first-order chi connectivity index (χ1) is 12.2. The third-order valence-corrected chi connectivity index (χ3v) is 4.89. The molecule has 1 aromatic heterocycles. The average molecular weight is 354 g/mol. The van der Waals surface area contributed by atoms with Crippen LogP contribution in [0.3, 0.4) is 0 Å². The fourth-order valence-corrected chi connectivity index (χ4v) is 3.51. The molecule has 6 heteroatoms. The number of aliphatic hydroxyl groups excluding tert-OH is 1. The van der Waals surface area contributed by atoms with Crippen molar-refractivity contribution in [1.29, 1.82) is 5.26 Å². The molecule has 0 spiro atoms. The molecule has 1 aliphatic heterocycles. The molecule has 0 amide bonds. The van der Waals surface area contributed by atoms with Crippen LogP contribution in [0.1, 0.15) is 17.5 Å². The van der Waals surface area contributed by atoms with Crippen molar-refractivity contribution in [3.8, 4) is 6.07 Å². The Morgan fingerprint density at radius 1 is 1.16 bits per heavy atom. The van der Waals surface area contributed by atoms with Crippen LogP contribution in [0.4, 0.5) is 11.4 Å². The average Bonchev–Trinajstić information content (AvgIpc) is 2.88. The molecule has 3 rings (SSSR count). The summed E-state index contributed by atoms with van der Waals surface area (Å²) in [7, 11) is 0. The molecule has 2 heterocycles. The molecule has 1 aliphatic rings. The number of nitriles is 1. The van der Waals surface area contributed by atoms with Gasteiger partial charge in [-0.3, -0.25) is 0 Å². The van der Waals surface area contributed by atoms with Crippen molar-refractivity contribution in [3.63, 3.8) is 0 Å². The monoisotopic (exact) mass is 354 g/mol. The van der Waals surface area contributed by atoms with Crippen molar-refractivity contribution in [2.24, 2.45) is 0 Å². The van der Waals surface area contributed by atoms with E-state index in [2.05, 4.69) is 39.1 Å². The number of anilines is 2. The molecule has 1 fully saturated rings. The van der Waals surface area contributed by atoms with E-state index in [0.29, 0.717) is 16.6 Å². The number of hydrogen-bond donors (Lipinski definition) is 2. The highest BCUT2D eigenvalue weighted by Gasteiger charge is 2.18. The van der Waals surface area contributed by atoms with Gasteiger partial charge in [-0.05, 0) is 36.6 Å². The van der Waals surface area contributed by atoms with Crippen molar-refractivity contribution < 1.29 is 5.11 Å². The molecule has 0 atom stereocenters. The fraction of sp³-hybridized carbons (Fsp3) is 0.368. The van der Waals surface area contributed by atoms with Crippen LogP contribution in [-0.2, 0) is 6.42 Å². The first-order valence-electron chi connectivity index (χ1n) is 8.54. The summed E-state index contributed by atoms with van der Waals surface area (Å²) in [6, 6.07) is 12.5. The van der Waals surface area contributed by atoms with E-state index in [4.69, 9.17) is 17.3 Å². The molecule has 2 aromatic rings. The van der Waals surface area contributed by atoms with Crippen molar-refractivity contribution in [2.45, 2.75) is 12.8 Å². The van der Waals surface area contributed by atoms with E-state index in [-0.39, 0.29) is 6.61 Å². The molecule has 0 aliphatic carbocycles. The van der Waals surface area contributed by atoms with Crippen molar-refractivity contribution in [2.75, 3.05) is 42.6 Å². The zero-order chi connectivity index (χ0) is 17.6. The molecule has 1 aromatic carbocycles. The van der Waals surface area contributed by atoms with Gasteiger partial charge in [-0.1, -0.05) is 24.4 Å². The van der Waals surface area contributed by atoms with Gasteiger partial charge in [0.05, 0.1) is 5.69 Å². The first-order valence-corrected chi connectivity index (χ1v) is 8.95. The number of aromatic nitrogens is 1. The Balaban J connectivity index is 1.77. The summed E-state index contributed by atoms with van der Waals surface area (Å²) in [5, 5.41) is 18.6. The number of aliphatic hydroxyl groups is 1. The van der Waals surface area contributed by atoms with Gasteiger partial charge < -0.3 is 19.9 Å². The zero-order valence-electron chi connectivity index (χ0n) is 14.1. The molecule has 0 bridgehead atoms. The van der Waals surface area contributed by atoms with Crippen LogP contribution in [-0.4, -0.2) is 42.9 Å². The molecule has 0 saturated carbocycles. The van der Waals surface area contributed by atoms with Gasteiger partial charge in [-0.2, -0.15) is 5.26 Å². The largest absolute Gasteiger partial charge is 0.396 e. The lowest BCUT2D eigenvalue weighted by Crippen LogP contribution is -2.31. The number of aromatic amines is 1. The Kier molecular flexibility index (Phi) is 5.69. The van der Waals surface area contributed by atoms with E-state index in [0.717, 1.165) is 43.9 Å². The van der Waals surface area contributed by atoms with Crippen molar-refractivity contribution >= 4 is 23.6 Å². The molecule has 1 saturated heterocycles. The molecule has 0 radical (unpaired) electrons. The summed E-state index contributed by atoms with van der Waals surface area (Å²) in [6.07, 6.45) is 3.50. The normalized spacial score (nSPS) is 14.9. The summed E-state index contributed by atoms with van der Waals surface area (Å²) in [4.78, 5) is 7.55. The Hall–Kier alpha value is -2.36. The molecule has 5 nitrogen and oxygen atoms in total. The predicted octanol–water partition coefficient (Wildman–Crippen LogP) is 2.87. The first kappa shape index (κ1) is 17.5. The van der Waals surface area contributed by atoms with Gasteiger partial charge in [-0.25, -0.2) is 0 Å². The van der Waals surface area contributed by atoms with Crippen LogP contribution in [0.5, 0.6) is 0 Å². The second-order valence-corrected chi connectivity index (χ2v) is 6.56. The summed E-state index contributed by atoms with van der Waals surface area (Å²) in [6.45, 7) is 3.78. The molecular formula is C19H22N4OS. The fourth-order valence-electron chi connectivity index (χ4n) is 3.29. The maximum Gasteiger partial charge on any atom is 0.123 e. The maximum absolute atomic E-state index is 9.42. The molecular weight excluding hydrogens is 332 g/mol. The number of pyridine rings is 1. The number of nitrogens with zero attached hydrogens (tertiary/aromatic N) is 3. The number of nitrogens with one attached hydrogen (secondary N) is 1. The lowest BCUT2D eigenvalue weighted by molar-refractivity contribution is 0.299. The molecule has 0 unspecified atom stereocenters. The summed E-state index contributed by atoms with van der Waals surface area (Å²) < 4.78 is 0.498. The SMILES string of the molecule is N#Cc1c(N2CCCN(c3cccc(CCO)c3)CC2)cc[nH]c1=S. The molecule has 25 heavy (non-hydrogen) atoms. The number of H-pyrrole nitrogens is 1. The Labute approximate surface area is 153 Å². The van der Waals surface area contributed by atoms with Crippen LogP contribution in [0.25, 0.3) is 0 Å². The van der Waals surface area contributed by atoms with Crippen LogP contribution in [0, 0.1) is 16.0 Å². The smallest absolute Gasteiger partial charge is 0.123 e. The van der Waals surface area contributed by atoms with E-state index < -0.39 is 0 Å². The zero-order valence-corrected chi connectivity index (χ0v) is 14.9. The summed E-state index contributed by atoms with van der Waals surface area (Å²) >= 11 is 5.25. The maximum atomic E-state index is 9.42. The van der Waals surface area contributed by atoms with E-state index in [9.17, 15) is 5.26 Å². The lowest BCUT2D eigenvalue weighted by atomic mass is 10.1. The summed E-state index contributed by atoms with van der Waals surface area (Å²) in [5.74, 6) is 0. The molecule has 130 valence electrons. The minimum Gasteiger partial charge on any atom is -0.396 e. The standard InChI is InChI=1S/C19H22N4OS/c20-14-17-18(5-7-21-19(17)25)23-9-2-8-22(10-11-23)16-4-1-3-15(13-16)6-12-24/h1,3-5,7,13,24H,2,6,8-12H2,(H,21,25). The van der Waals surface area contributed by atoms with Crippen LogP contribution in [0.15, 0.2) is 36.5 Å². The third kappa shape index (κ3) is 4.01. The van der Waals surface area contributed by atoms with Gasteiger partial charge in [0.25, 0.3) is 0 Å². The van der Waals surface area contributed by atoms with E-state index >= 15 is 0 Å². The van der Waals surface area contributed by atoms with Gasteiger partial charge in [0.2, 0.25) is 0 Å². The third-order valence-electron chi connectivity index (χ3n) is 4.56. The highest BCUT2D eigenvalue weighted by Crippen LogP contribution is 2.24. The quantitative estimate of drug-likeness (QED) is 0.827. The van der Waals surface area contributed by atoms with Gasteiger partial charge >= 0.3 is 0 Å². The minimum absolute atomic E-state index is 0.169. The minimum atomic E-state index is 0.169. The van der Waals surface area contributed by atoms with Crippen molar-refractivity contribution in [3.05, 3.63) is 52.3 Å². The second kappa shape index (κ2) is 8.15. The van der Waals surface area contributed by atoms with Crippen LogP contribution >= 0.6 is 12.2 Å². The van der Waals surface area contributed by atoms with Crippen LogP contribution < -0.4 is 9.80 Å². The van der Waals surface area contributed by atoms with E-state index in [1.54, 1.807) is 6.20 Å². The predicted molar refractivity (Wildman–Crippen MR) is 103 cm³/mol. The van der Waals surface area contributed by atoms with Gasteiger partial charge in [0, 0.05) is 44.7 Å². The van der Waals surface area contributed by atoms with Gasteiger partial charge in [0.15, 0.2) is 0 Å². The Morgan fingerprint density at radius 2 is 1.96 bits per heavy atom. The van der Waals surface area contributed by atoms with Gasteiger partial charge in [-0.15, -0.1) is 0 Å². The lowest BCUT2D eigenvalue weighted by Gasteiger charge is -2.25. The Bertz CT molecular complexity index is 827. The second-order valence-electron chi connectivity index (χ2n) is 6.15. The topological polar surface area (TPSA) is 66.3 Å².